The van der Waals surface area contributed by atoms with Crippen molar-refractivity contribution in [3.05, 3.63) is 87.5 Å². The molecule has 170 valence electrons. The lowest BCUT2D eigenvalue weighted by atomic mass is 9.89. The molecule has 0 aliphatic heterocycles. The van der Waals surface area contributed by atoms with Gasteiger partial charge in [0.1, 0.15) is 10.6 Å². The predicted octanol–water partition coefficient (Wildman–Crippen LogP) is 6.85. The van der Waals surface area contributed by atoms with E-state index in [1.54, 1.807) is 0 Å². The lowest BCUT2D eigenvalue weighted by molar-refractivity contribution is 0.348. The fourth-order valence-electron chi connectivity index (χ4n) is 4.72. The molecule has 34 heavy (non-hydrogen) atoms. The smallest absolute Gasteiger partial charge is 0.260 e. The predicted molar refractivity (Wildman–Crippen MR) is 142 cm³/mol. The first-order valence-electron chi connectivity index (χ1n) is 11.6. The van der Waals surface area contributed by atoms with E-state index in [2.05, 4.69) is 46.8 Å². The molecule has 2 aromatic heterocycles. The van der Waals surface area contributed by atoms with Gasteiger partial charge in [0.25, 0.3) is 5.56 Å². The lowest BCUT2D eigenvalue weighted by Gasteiger charge is -2.16. The second-order valence-corrected chi connectivity index (χ2v) is 10.5. The Labute approximate surface area is 206 Å². The Morgan fingerprint density at radius 3 is 2.79 bits per heavy atom. The van der Waals surface area contributed by atoms with E-state index in [0.29, 0.717) is 22.9 Å². The number of thiophene rings is 1. The molecule has 3 aromatic carbocycles. The summed E-state index contributed by atoms with van der Waals surface area (Å²) in [6, 6.07) is 20.9. The fraction of sp³-hybridized carbons (Fsp3) is 0.214. The molecule has 5 aromatic rings. The Bertz CT molecular complexity index is 1550. The average molecular weight is 485 g/mol. The number of nitrogens with one attached hydrogen (secondary N) is 1. The van der Waals surface area contributed by atoms with Crippen LogP contribution in [0, 0.1) is 0 Å². The maximum Gasteiger partial charge on any atom is 0.260 e. The van der Waals surface area contributed by atoms with Crippen molar-refractivity contribution in [2.75, 3.05) is 12.4 Å². The summed E-state index contributed by atoms with van der Waals surface area (Å²) in [5.41, 5.74) is 4.90. The molecule has 0 unspecified atom stereocenters. The van der Waals surface area contributed by atoms with Gasteiger partial charge >= 0.3 is 0 Å². The number of hydrogen-bond donors (Lipinski definition) is 1. The van der Waals surface area contributed by atoms with Gasteiger partial charge in [-0.15, -0.1) is 11.3 Å². The fourth-order valence-corrected chi connectivity index (χ4v) is 6.41. The minimum atomic E-state index is -0.0727. The van der Waals surface area contributed by atoms with E-state index in [0.717, 1.165) is 45.3 Å². The molecule has 0 atom stereocenters. The number of fused-ring (bicyclic) bond motifs is 3. The van der Waals surface area contributed by atoms with E-state index >= 15 is 0 Å². The number of ether oxygens (including phenoxy) is 1. The highest BCUT2D eigenvalue weighted by molar-refractivity contribution is 7.99. The summed E-state index contributed by atoms with van der Waals surface area (Å²) >= 11 is 3.05. The molecule has 1 N–H and O–H groups in total. The summed E-state index contributed by atoms with van der Waals surface area (Å²) in [6.07, 6.45) is 4.80. The van der Waals surface area contributed by atoms with Gasteiger partial charge in [-0.05, 0) is 53.8 Å². The van der Waals surface area contributed by atoms with E-state index in [4.69, 9.17) is 9.72 Å². The van der Waals surface area contributed by atoms with Crippen LogP contribution in [-0.4, -0.2) is 22.3 Å². The largest absolute Gasteiger partial charge is 0.492 e. The summed E-state index contributed by atoms with van der Waals surface area (Å²) in [7, 11) is 0. The molecule has 0 bridgehead atoms. The van der Waals surface area contributed by atoms with Gasteiger partial charge in [-0.3, -0.25) is 4.79 Å². The quantitative estimate of drug-likeness (QED) is 0.163. The number of benzene rings is 3. The number of hydrogen-bond acceptors (Lipinski definition) is 5. The van der Waals surface area contributed by atoms with E-state index in [1.165, 1.54) is 47.1 Å². The number of aromatic amines is 1. The maximum atomic E-state index is 13.0. The van der Waals surface area contributed by atoms with Crippen LogP contribution in [0.25, 0.3) is 32.1 Å². The standard InChI is InChI=1S/C28H24N2O2S2/c31-26-25-23(21-13-12-18-6-1-2-8-20(18)16-21)17-34-27(25)30-28(29-26)33-15-14-32-24-11-5-9-19-7-3-4-10-22(19)24/h3-5,7,9-13,16-17H,1-2,6,8,14-15H2,(H,29,30,31). The molecule has 4 nitrogen and oxygen atoms in total. The van der Waals surface area contributed by atoms with Crippen molar-refractivity contribution in [1.82, 2.24) is 9.97 Å². The molecule has 6 heteroatoms. The van der Waals surface area contributed by atoms with Crippen molar-refractivity contribution >= 4 is 44.1 Å². The van der Waals surface area contributed by atoms with E-state index in [-0.39, 0.29) is 5.56 Å². The van der Waals surface area contributed by atoms with Gasteiger partial charge in [-0.1, -0.05) is 66.4 Å². The van der Waals surface area contributed by atoms with Crippen molar-refractivity contribution in [3.8, 4) is 16.9 Å². The molecule has 1 aliphatic rings. The highest BCUT2D eigenvalue weighted by atomic mass is 32.2. The molecule has 0 fully saturated rings. The van der Waals surface area contributed by atoms with Crippen molar-refractivity contribution in [3.63, 3.8) is 0 Å². The Balaban J connectivity index is 1.18. The van der Waals surface area contributed by atoms with Crippen LogP contribution >= 0.6 is 23.1 Å². The van der Waals surface area contributed by atoms with Gasteiger partial charge in [-0.25, -0.2) is 4.98 Å². The Kier molecular flexibility index (Phi) is 5.85. The van der Waals surface area contributed by atoms with E-state index < -0.39 is 0 Å². The number of thioether (sulfide) groups is 1. The van der Waals surface area contributed by atoms with E-state index in [1.807, 2.05) is 24.3 Å². The molecular formula is C28H24N2O2S2. The maximum absolute atomic E-state index is 13.0. The monoisotopic (exact) mass is 484 g/mol. The van der Waals surface area contributed by atoms with Crippen molar-refractivity contribution in [2.24, 2.45) is 0 Å². The first-order chi connectivity index (χ1) is 16.8. The summed E-state index contributed by atoms with van der Waals surface area (Å²) in [4.78, 5) is 21.5. The van der Waals surface area contributed by atoms with Gasteiger partial charge in [-0.2, -0.15) is 0 Å². The third kappa shape index (κ3) is 4.12. The molecule has 6 rings (SSSR count). The summed E-state index contributed by atoms with van der Waals surface area (Å²) < 4.78 is 6.03. The number of aryl methyl sites for hydroxylation is 2. The molecule has 0 spiro atoms. The van der Waals surface area contributed by atoms with Gasteiger partial charge < -0.3 is 9.72 Å². The number of rotatable bonds is 6. The second-order valence-electron chi connectivity index (χ2n) is 8.57. The number of aromatic nitrogens is 2. The molecular weight excluding hydrogens is 460 g/mol. The summed E-state index contributed by atoms with van der Waals surface area (Å²) in [5.74, 6) is 1.57. The average Bonchev–Trinajstić information content (AvgIpc) is 3.31. The molecule has 0 amide bonds. The third-order valence-electron chi connectivity index (χ3n) is 6.41. The normalized spacial score (nSPS) is 13.3. The van der Waals surface area contributed by atoms with Crippen LogP contribution in [0.3, 0.4) is 0 Å². The van der Waals surface area contributed by atoms with Crippen LogP contribution in [0.5, 0.6) is 5.75 Å². The Hall–Kier alpha value is -3.09. The third-order valence-corrected chi connectivity index (χ3v) is 8.12. The molecule has 0 saturated heterocycles. The number of nitrogens with zero attached hydrogens (tertiary/aromatic N) is 1. The van der Waals surface area contributed by atoms with Crippen LogP contribution in [0.15, 0.2) is 76.0 Å². The van der Waals surface area contributed by atoms with Gasteiger partial charge in [0.15, 0.2) is 5.16 Å². The zero-order valence-corrected chi connectivity index (χ0v) is 20.3. The highest BCUT2D eigenvalue weighted by Crippen LogP contribution is 2.34. The lowest BCUT2D eigenvalue weighted by Crippen LogP contribution is -2.10. The first kappa shape index (κ1) is 21.4. The topological polar surface area (TPSA) is 55.0 Å². The van der Waals surface area contributed by atoms with Gasteiger partial charge in [0, 0.05) is 22.1 Å². The molecule has 0 radical (unpaired) electrons. The molecule has 2 heterocycles. The zero-order chi connectivity index (χ0) is 22.9. The van der Waals surface area contributed by atoms with Gasteiger partial charge in [0.05, 0.1) is 12.0 Å². The summed E-state index contributed by atoms with van der Waals surface area (Å²) in [6.45, 7) is 0.533. The van der Waals surface area contributed by atoms with Crippen molar-refractivity contribution in [2.45, 2.75) is 30.8 Å². The Morgan fingerprint density at radius 2 is 1.85 bits per heavy atom. The van der Waals surface area contributed by atoms with E-state index in [9.17, 15) is 4.79 Å². The zero-order valence-electron chi connectivity index (χ0n) is 18.7. The van der Waals surface area contributed by atoms with Crippen LogP contribution in [0.2, 0.25) is 0 Å². The van der Waals surface area contributed by atoms with Crippen molar-refractivity contribution in [1.29, 1.82) is 0 Å². The van der Waals surface area contributed by atoms with Crippen LogP contribution in [0.1, 0.15) is 24.0 Å². The minimum Gasteiger partial charge on any atom is -0.492 e. The van der Waals surface area contributed by atoms with Crippen molar-refractivity contribution < 1.29 is 4.74 Å². The minimum absolute atomic E-state index is 0.0727. The second kappa shape index (κ2) is 9.28. The van der Waals surface area contributed by atoms with Crippen LogP contribution in [-0.2, 0) is 12.8 Å². The SMILES string of the molecule is O=c1[nH]c(SCCOc2cccc3ccccc23)nc2scc(-c3ccc4c(c3)CCCC4)c12. The Morgan fingerprint density at radius 1 is 1.00 bits per heavy atom. The number of H-pyrrole nitrogens is 1. The highest BCUT2D eigenvalue weighted by Gasteiger charge is 2.16. The van der Waals surface area contributed by atoms with Crippen LogP contribution in [0.4, 0.5) is 0 Å². The first-order valence-corrected chi connectivity index (χ1v) is 13.5. The van der Waals surface area contributed by atoms with Crippen LogP contribution < -0.4 is 10.3 Å². The van der Waals surface area contributed by atoms with Gasteiger partial charge in [0.2, 0.25) is 0 Å². The molecule has 0 saturated carbocycles. The molecule has 1 aliphatic carbocycles. The summed E-state index contributed by atoms with van der Waals surface area (Å²) in [5, 5.41) is 5.66.